The fourth-order valence-electron chi connectivity index (χ4n) is 4.21. The van der Waals surface area contributed by atoms with Crippen LogP contribution >= 0.6 is 0 Å². The molecule has 4 aromatic rings. The Labute approximate surface area is 214 Å². The number of carbonyl (C=O) groups is 2. The molecule has 0 spiro atoms. The molecule has 0 unspecified atom stereocenters. The first-order chi connectivity index (χ1) is 18.0. The molecule has 3 N–H and O–H groups in total. The average molecular weight is 498 g/mol. The third kappa shape index (κ3) is 5.30. The van der Waals surface area contributed by atoms with Crippen molar-refractivity contribution in [3.63, 3.8) is 0 Å². The monoisotopic (exact) mass is 497 g/mol. The van der Waals surface area contributed by atoms with E-state index in [1.54, 1.807) is 37.6 Å². The molecule has 0 saturated heterocycles. The number of hydrogen-bond acceptors (Lipinski definition) is 6. The molecule has 1 aliphatic rings. The maximum absolute atomic E-state index is 13.1. The van der Waals surface area contributed by atoms with Gasteiger partial charge in [-0.3, -0.25) is 9.78 Å². The third-order valence-electron chi connectivity index (χ3n) is 6.51. The number of amides is 2. The normalized spacial score (nSPS) is 13.0. The van der Waals surface area contributed by atoms with E-state index in [-0.39, 0.29) is 23.6 Å². The molecular formula is C28H27N5O4. The van der Waals surface area contributed by atoms with Crippen molar-refractivity contribution in [3.05, 3.63) is 89.9 Å². The van der Waals surface area contributed by atoms with Crippen LogP contribution in [0.1, 0.15) is 46.8 Å². The predicted octanol–water partition coefficient (Wildman–Crippen LogP) is 4.94. The number of carbonyl (C=O) groups excluding carboxylic acids is 2. The summed E-state index contributed by atoms with van der Waals surface area (Å²) in [4.78, 5) is 29.5. The summed E-state index contributed by atoms with van der Waals surface area (Å²) in [7, 11) is 1.61. The lowest BCUT2D eigenvalue weighted by Gasteiger charge is -2.25. The van der Waals surface area contributed by atoms with Crippen molar-refractivity contribution in [2.45, 2.75) is 31.7 Å². The van der Waals surface area contributed by atoms with E-state index in [1.807, 2.05) is 30.3 Å². The summed E-state index contributed by atoms with van der Waals surface area (Å²) in [6.07, 6.45) is 6.14. The topological polar surface area (TPSA) is 118 Å². The summed E-state index contributed by atoms with van der Waals surface area (Å²) >= 11 is 0. The van der Waals surface area contributed by atoms with Gasteiger partial charge in [-0.1, -0.05) is 18.6 Å². The Morgan fingerprint density at radius 2 is 1.92 bits per heavy atom. The van der Waals surface area contributed by atoms with E-state index >= 15 is 0 Å². The van der Waals surface area contributed by atoms with E-state index < -0.39 is 0 Å². The van der Waals surface area contributed by atoms with E-state index in [1.165, 1.54) is 16.9 Å². The summed E-state index contributed by atoms with van der Waals surface area (Å²) in [5.74, 6) is 0.618. The van der Waals surface area contributed by atoms with Crippen LogP contribution in [0.5, 0.6) is 11.5 Å². The maximum atomic E-state index is 13.1. The van der Waals surface area contributed by atoms with E-state index in [0.717, 1.165) is 36.3 Å². The van der Waals surface area contributed by atoms with Crippen LogP contribution in [0.4, 0.5) is 10.5 Å². The molecule has 0 atom stereocenters. The van der Waals surface area contributed by atoms with Gasteiger partial charge >= 0.3 is 6.03 Å². The van der Waals surface area contributed by atoms with Gasteiger partial charge < -0.3 is 20.5 Å². The van der Waals surface area contributed by atoms with Crippen LogP contribution in [-0.4, -0.2) is 38.9 Å². The highest BCUT2D eigenvalue weighted by molar-refractivity contribution is 6.04. The number of benzene rings is 2. The van der Waals surface area contributed by atoms with Gasteiger partial charge in [0.1, 0.15) is 11.5 Å². The van der Waals surface area contributed by atoms with Crippen molar-refractivity contribution in [3.8, 4) is 22.8 Å². The van der Waals surface area contributed by atoms with Crippen molar-refractivity contribution in [2.24, 2.45) is 0 Å². The number of nitrogens with one attached hydrogen (secondary N) is 2. The lowest BCUT2D eigenvalue weighted by atomic mass is 9.82. The van der Waals surface area contributed by atoms with Crippen LogP contribution in [0.2, 0.25) is 0 Å². The number of phenols is 1. The molecule has 1 fully saturated rings. The molecule has 9 heteroatoms. The quantitative estimate of drug-likeness (QED) is 0.333. The SMILES string of the molecule is COc1ccc(CNC(=O)n2nc(-c3ccc(NC(=O)c4cccnc4)cc3O)cc2C2CCC2)cc1. The molecular weight excluding hydrogens is 470 g/mol. The lowest BCUT2D eigenvalue weighted by Crippen LogP contribution is -2.31. The predicted molar refractivity (Wildman–Crippen MR) is 139 cm³/mol. The fraction of sp³-hybridized carbons (Fsp3) is 0.214. The Bertz CT molecular complexity index is 1410. The van der Waals surface area contributed by atoms with Crippen molar-refractivity contribution in [1.29, 1.82) is 0 Å². The van der Waals surface area contributed by atoms with Crippen LogP contribution in [0.15, 0.2) is 73.1 Å². The van der Waals surface area contributed by atoms with E-state index in [4.69, 9.17) is 4.74 Å². The second-order valence-corrected chi connectivity index (χ2v) is 8.93. The Kier molecular flexibility index (Phi) is 6.85. The first kappa shape index (κ1) is 24.1. The third-order valence-corrected chi connectivity index (χ3v) is 6.51. The number of hydrogen-bond donors (Lipinski definition) is 3. The molecule has 1 saturated carbocycles. The van der Waals surface area contributed by atoms with Gasteiger partial charge in [0, 0.05) is 42.2 Å². The molecule has 2 amide bonds. The fourth-order valence-corrected chi connectivity index (χ4v) is 4.21. The van der Waals surface area contributed by atoms with Crippen molar-refractivity contribution < 1.29 is 19.4 Å². The first-order valence-corrected chi connectivity index (χ1v) is 12.1. The van der Waals surface area contributed by atoms with Crippen LogP contribution in [0.25, 0.3) is 11.3 Å². The molecule has 1 aliphatic carbocycles. The molecule has 2 heterocycles. The van der Waals surface area contributed by atoms with Crippen molar-refractivity contribution in [2.75, 3.05) is 12.4 Å². The summed E-state index contributed by atoms with van der Waals surface area (Å²) in [6.45, 7) is 0.346. The number of nitrogens with zero attached hydrogens (tertiary/aromatic N) is 3. The molecule has 2 aromatic carbocycles. The average Bonchev–Trinajstić information content (AvgIpc) is 3.31. The molecule has 0 aliphatic heterocycles. The zero-order valence-electron chi connectivity index (χ0n) is 20.3. The number of pyridine rings is 1. The maximum Gasteiger partial charge on any atom is 0.342 e. The van der Waals surface area contributed by atoms with Gasteiger partial charge in [-0.05, 0) is 60.9 Å². The Morgan fingerprint density at radius 1 is 1.11 bits per heavy atom. The molecule has 9 nitrogen and oxygen atoms in total. The van der Waals surface area contributed by atoms with Crippen molar-refractivity contribution >= 4 is 17.6 Å². The van der Waals surface area contributed by atoms with E-state index in [0.29, 0.717) is 29.1 Å². The molecule has 5 rings (SSSR count). The van der Waals surface area contributed by atoms with Gasteiger partial charge in [0.05, 0.1) is 24.1 Å². The zero-order chi connectivity index (χ0) is 25.8. The summed E-state index contributed by atoms with van der Waals surface area (Å²) in [5.41, 5.74) is 3.57. The minimum Gasteiger partial charge on any atom is -0.507 e. The Morgan fingerprint density at radius 3 is 2.57 bits per heavy atom. The number of ether oxygens (including phenoxy) is 1. The van der Waals surface area contributed by atoms with Gasteiger partial charge in [0.2, 0.25) is 0 Å². The molecule has 37 heavy (non-hydrogen) atoms. The number of anilines is 1. The lowest BCUT2D eigenvalue weighted by molar-refractivity contribution is 0.102. The number of aromatic nitrogens is 3. The summed E-state index contributed by atoms with van der Waals surface area (Å²) in [6, 6.07) is 17.2. The largest absolute Gasteiger partial charge is 0.507 e. The zero-order valence-corrected chi connectivity index (χ0v) is 20.3. The Balaban J connectivity index is 1.34. The minimum absolute atomic E-state index is 0.0487. The molecule has 0 radical (unpaired) electrons. The second-order valence-electron chi connectivity index (χ2n) is 8.93. The minimum atomic E-state index is -0.330. The van der Waals surface area contributed by atoms with Crippen LogP contribution in [0, 0.1) is 0 Å². The first-order valence-electron chi connectivity index (χ1n) is 12.1. The van der Waals surface area contributed by atoms with Crippen LogP contribution in [-0.2, 0) is 6.54 Å². The number of phenolic OH excluding ortho intramolecular Hbond substituents is 1. The number of methoxy groups -OCH3 is 1. The molecule has 188 valence electrons. The van der Waals surface area contributed by atoms with Gasteiger partial charge in [0.15, 0.2) is 0 Å². The highest BCUT2D eigenvalue weighted by Gasteiger charge is 2.27. The van der Waals surface area contributed by atoms with E-state index in [9.17, 15) is 14.7 Å². The van der Waals surface area contributed by atoms with Crippen LogP contribution < -0.4 is 15.4 Å². The van der Waals surface area contributed by atoms with Gasteiger partial charge in [-0.2, -0.15) is 9.78 Å². The van der Waals surface area contributed by atoms with Crippen LogP contribution in [0.3, 0.4) is 0 Å². The summed E-state index contributed by atoms with van der Waals surface area (Å²) < 4.78 is 6.58. The standard InChI is InChI=1S/C28H27N5O4/c1-37-22-10-7-18(8-11-22)16-30-28(36)33-25(19-4-2-5-19)15-24(32-33)23-12-9-21(14-26(23)34)31-27(35)20-6-3-13-29-17-20/h3,6-15,17,19,34H,2,4-5,16H2,1H3,(H,30,36)(H,31,35). The van der Waals surface area contributed by atoms with Gasteiger partial charge in [-0.15, -0.1) is 0 Å². The highest BCUT2D eigenvalue weighted by Crippen LogP contribution is 2.39. The second kappa shape index (κ2) is 10.5. The van der Waals surface area contributed by atoms with E-state index in [2.05, 4.69) is 20.7 Å². The van der Waals surface area contributed by atoms with Crippen molar-refractivity contribution in [1.82, 2.24) is 20.1 Å². The van der Waals surface area contributed by atoms with Gasteiger partial charge in [0.25, 0.3) is 5.91 Å². The smallest absolute Gasteiger partial charge is 0.342 e. The van der Waals surface area contributed by atoms with Gasteiger partial charge in [-0.25, -0.2) is 4.79 Å². The highest BCUT2D eigenvalue weighted by atomic mass is 16.5. The molecule has 2 aromatic heterocycles. The Hall–Kier alpha value is -4.66. The summed E-state index contributed by atoms with van der Waals surface area (Å²) in [5, 5.41) is 21.0. The molecule has 0 bridgehead atoms. The number of rotatable bonds is 7. The number of aromatic hydroxyl groups is 1.